The second kappa shape index (κ2) is 6.40. The average molecular weight is 251 g/mol. The lowest BCUT2D eigenvalue weighted by molar-refractivity contribution is -0.141. The molecule has 18 heavy (non-hydrogen) atoms. The van der Waals surface area contributed by atoms with E-state index < -0.39 is 0 Å². The van der Waals surface area contributed by atoms with Crippen LogP contribution in [-0.2, 0) is 16.1 Å². The molecule has 0 N–H and O–H groups in total. The summed E-state index contributed by atoms with van der Waals surface area (Å²) < 4.78 is 10.1. The molecule has 0 aliphatic rings. The van der Waals surface area contributed by atoms with E-state index in [9.17, 15) is 4.79 Å². The van der Waals surface area contributed by atoms with E-state index in [2.05, 4.69) is 23.8 Å². The monoisotopic (exact) mass is 251 g/mol. The lowest BCUT2D eigenvalue weighted by Crippen LogP contribution is -2.26. The Morgan fingerprint density at radius 3 is 2.50 bits per heavy atom. The fourth-order valence-corrected chi connectivity index (χ4v) is 2.08. The quantitative estimate of drug-likeness (QED) is 0.749. The Hall–Kier alpha value is -1.55. The van der Waals surface area contributed by atoms with Crippen molar-refractivity contribution < 1.29 is 14.3 Å². The highest BCUT2D eigenvalue weighted by Gasteiger charge is 2.12. The van der Waals surface area contributed by atoms with Crippen molar-refractivity contribution in [3.63, 3.8) is 0 Å². The van der Waals surface area contributed by atoms with Crippen LogP contribution in [0.25, 0.3) is 0 Å². The number of ether oxygens (including phenoxy) is 2. The van der Waals surface area contributed by atoms with Crippen molar-refractivity contribution in [3.8, 4) is 5.75 Å². The van der Waals surface area contributed by atoms with Gasteiger partial charge >= 0.3 is 5.97 Å². The van der Waals surface area contributed by atoms with Crippen molar-refractivity contribution in [2.45, 2.75) is 20.4 Å². The summed E-state index contributed by atoms with van der Waals surface area (Å²) >= 11 is 0. The molecule has 0 saturated carbocycles. The molecular weight excluding hydrogens is 230 g/mol. The minimum atomic E-state index is -0.235. The van der Waals surface area contributed by atoms with Gasteiger partial charge in [-0.2, -0.15) is 0 Å². The van der Waals surface area contributed by atoms with Crippen molar-refractivity contribution >= 4 is 5.97 Å². The number of likely N-dealkylation sites (N-methyl/N-ethyl adjacent to an activating group) is 1. The summed E-state index contributed by atoms with van der Waals surface area (Å²) in [6, 6.07) is 4.17. The zero-order valence-corrected chi connectivity index (χ0v) is 11.7. The van der Waals surface area contributed by atoms with Gasteiger partial charge in [-0.25, -0.2) is 0 Å². The summed E-state index contributed by atoms with van der Waals surface area (Å²) in [5.74, 6) is 0.651. The molecule has 0 heterocycles. The first-order valence-corrected chi connectivity index (χ1v) is 5.87. The molecule has 4 heteroatoms. The zero-order chi connectivity index (χ0) is 13.7. The molecule has 0 saturated heterocycles. The van der Waals surface area contributed by atoms with Crippen molar-refractivity contribution in [3.05, 3.63) is 28.8 Å². The highest BCUT2D eigenvalue weighted by molar-refractivity contribution is 5.71. The molecule has 0 aromatic heterocycles. The van der Waals surface area contributed by atoms with Crippen LogP contribution in [0.2, 0.25) is 0 Å². The Morgan fingerprint density at radius 1 is 1.28 bits per heavy atom. The SMILES string of the molecule is COC(=O)CN(C)Cc1cc(C)cc(C)c1OC. The highest BCUT2D eigenvalue weighted by Crippen LogP contribution is 2.25. The summed E-state index contributed by atoms with van der Waals surface area (Å²) in [6.07, 6.45) is 0. The van der Waals surface area contributed by atoms with Gasteiger partial charge in [0.25, 0.3) is 0 Å². The first-order valence-electron chi connectivity index (χ1n) is 5.87. The molecule has 0 atom stereocenters. The van der Waals surface area contributed by atoms with Crippen molar-refractivity contribution in [2.75, 3.05) is 27.8 Å². The van der Waals surface area contributed by atoms with E-state index in [0.717, 1.165) is 16.9 Å². The van der Waals surface area contributed by atoms with Gasteiger partial charge < -0.3 is 9.47 Å². The first kappa shape index (κ1) is 14.5. The third-order valence-electron chi connectivity index (χ3n) is 2.77. The van der Waals surface area contributed by atoms with Crippen molar-refractivity contribution in [1.82, 2.24) is 4.90 Å². The number of hydrogen-bond acceptors (Lipinski definition) is 4. The summed E-state index contributed by atoms with van der Waals surface area (Å²) in [5.41, 5.74) is 3.38. The minimum Gasteiger partial charge on any atom is -0.496 e. The van der Waals surface area contributed by atoms with Crippen LogP contribution in [0.3, 0.4) is 0 Å². The van der Waals surface area contributed by atoms with Crippen LogP contribution < -0.4 is 4.74 Å². The van der Waals surface area contributed by atoms with E-state index in [0.29, 0.717) is 6.54 Å². The molecule has 0 radical (unpaired) electrons. The molecule has 0 aliphatic carbocycles. The van der Waals surface area contributed by atoms with Gasteiger partial charge in [0.05, 0.1) is 20.8 Å². The molecule has 0 spiro atoms. The molecule has 0 bridgehead atoms. The number of rotatable bonds is 5. The Balaban J connectivity index is 2.86. The van der Waals surface area contributed by atoms with Gasteiger partial charge in [-0.15, -0.1) is 0 Å². The molecule has 100 valence electrons. The fourth-order valence-electron chi connectivity index (χ4n) is 2.08. The third-order valence-corrected chi connectivity index (χ3v) is 2.77. The zero-order valence-electron chi connectivity index (χ0n) is 11.7. The topological polar surface area (TPSA) is 38.8 Å². The van der Waals surface area contributed by atoms with E-state index in [-0.39, 0.29) is 12.5 Å². The van der Waals surface area contributed by atoms with Crippen LogP contribution in [0.4, 0.5) is 0 Å². The number of benzene rings is 1. The summed E-state index contributed by atoms with van der Waals surface area (Å²) in [4.78, 5) is 13.1. The predicted molar refractivity (Wildman–Crippen MR) is 70.8 cm³/mol. The maximum Gasteiger partial charge on any atom is 0.319 e. The molecule has 0 fully saturated rings. The Morgan fingerprint density at radius 2 is 1.94 bits per heavy atom. The number of methoxy groups -OCH3 is 2. The number of aryl methyl sites for hydroxylation is 2. The number of carbonyl (C=O) groups is 1. The van der Waals surface area contributed by atoms with Crippen LogP contribution in [0.1, 0.15) is 16.7 Å². The number of nitrogens with zero attached hydrogens (tertiary/aromatic N) is 1. The van der Waals surface area contributed by atoms with Crippen LogP contribution >= 0.6 is 0 Å². The lowest BCUT2D eigenvalue weighted by Gasteiger charge is -2.19. The minimum absolute atomic E-state index is 0.235. The van der Waals surface area contributed by atoms with Gasteiger partial charge in [-0.3, -0.25) is 9.69 Å². The van der Waals surface area contributed by atoms with Gasteiger partial charge in [-0.1, -0.05) is 17.7 Å². The molecule has 0 unspecified atom stereocenters. The predicted octanol–water partition coefficient (Wildman–Crippen LogP) is 1.92. The summed E-state index contributed by atoms with van der Waals surface area (Å²) in [5, 5.41) is 0. The van der Waals surface area contributed by atoms with E-state index in [1.165, 1.54) is 12.7 Å². The molecule has 0 amide bonds. The second-order valence-corrected chi connectivity index (χ2v) is 4.52. The lowest BCUT2D eigenvalue weighted by atomic mass is 10.1. The Bertz CT molecular complexity index is 429. The normalized spacial score (nSPS) is 10.6. The van der Waals surface area contributed by atoms with Crippen LogP contribution in [-0.4, -0.2) is 38.7 Å². The van der Waals surface area contributed by atoms with Crippen LogP contribution in [0.15, 0.2) is 12.1 Å². The maximum atomic E-state index is 11.2. The Labute approximate surface area is 108 Å². The molecule has 1 rings (SSSR count). The summed E-state index contributed by atoms with van der Waals surface area (Å²) in [6.45, 7) is 5.00. The fraction of sp³-hybridized carbons (Fsp3) is 0.500. The summed E-state index contributed by atoms with van der Waals surface area (Å²) in [7, 11) is 4.95. The molecular formula is C14H21NO3. The van der Waals surface area contributed by atoms with Gasteiger partial charge in [-0.05, 0) is 26.5 Å². The second-order valence-electron chi connectivity index (χ2n) is 4.52. The number of esters is 1. The molecule has 1 aromatic carbocycles. The smallest absolute Gasteiger partial charge is 0.319 e. The van der Waals surface area contributed by atoms with E-state index in [1.54, 1.807) is 7.11 Å². The van der Waals surface area contributed by atoms with Gasteiger partial charge in [0, 0.05) is 12.1 Å². The van der Waals surface area contributed by atoms with Gasteiger partial charge in [0.1, 0.15) is 5.75 Å². The van der Waals surface area contributed by atoms with E-state index in [1.807, 2.05) is 18.9 Å². The maximum absolute atomic E-state index is 11.2. The third kappa shape index (κ3) is 3.74. The molecule has 4 nitrogen and oxygen atoms in total. The standard InChI is InChI=1S/C14H21NO3/c1-10-6-11(2)14(18-5)12(7-10)8-15(3)9-13(16)17-4/h6-7H,8-9H2,1-5H3. The van der Waals surface area contributed by atoms with Crippen LogP contribution in [0, 0.1) is 13.8 Å². The Kier molecular flexibility index (Phi) is 5.16. The highest BCUT2D eigenvalue weighted by atomic mass is 16.5. The number of carbonyl (C=O) groups excluding carboxylic acids is 1. The van der Waals surface area contributed by atoms with Gasteiger partial charge in [0.15, 0.2) is 0 Å². The number of hydrogen-bond donors (Lipinski definition) is 0. The van der Waals surface area contributed by atoms with E-state index in [4.69, 9.17) is 4.74 Å². The van der Waals surface area contributed by atoms with E-state index >= 15 is 0 Å². The van der Waals surface area contributed by atoms with Crippen molar-refractivity contribution in [2.24, 2.45) is 0 Å². The van der Waals surface area contributed by atoms with Crippen LogP contribution in [0.5, 0.6) is 5.75 Å². The first-order chi connectivity index (χ1) is 8.47. The van der Waals surface area contributed by atoms with Gasteiger partial charge in [0.2, 0.25) is 0 Å². The molecule has 0 aliphatic heterocycles. The van der Waals surface area contributed by atoms with Crippen molar-refractivity contribution in [1.29, 1.82) is 0 Å². The molecule has 1 aromatic rings. The largest absolute Gasteiger partial charge is 0.496 e. The average Bonchev–Trinajstić information content (AvgIpc) is 2.28.